The van der Waals surface area contributed by atoms with E-state index >= 15 is 0 Å². The number of ether oxygens (including phenoxy) is 1. The Kier molecular flexibility index (Phi) is 11.6. The van der Waals surface area contributed by atoms with Crippen LogP contribution in [0.1, 0.15) is 39.5 Å². The highest BCUT2D eigenvalue weighted by molar-refractivity contribution is 6.01. The van der Waals surface area contributed by atoms with E-state index in [1.54, 1.807) is 60.7 Å². The maximum atomic E-state index is 14.5. The lowest BCUT2D eigenvalue weighted by Crippen LogP contribution is -2.54. The second-order valence-electron chi connectivity index (χ2n) is 10.2. The molecule has 228 valence electrons. The van der Waals surface area contributed by atoms with Gasteiger partial charge in [-0.25, -0.2) is 9.18 Å². The molecule has 0 saturated heterocycles. The van der Waals surface area contributed by atoms with Gasteiger partial charge in [-0.3, -0.25) is 14.5 Å². The quantitative estimate of drug-likeness (QED) is 0.201. The summed E-state index contributed by atoms with van der Waals surface area (Å²) in [6, 6.07) is 27.7. The minimum atomic E-state index is -1.09. The Morgan fingerprint density at radius 2 is 1.48 bits per heavy atom. The van der Waals surface area contributed by atoms with Crippen LogP contribution in [0, 0.1) is 5.82 Å². The molecular formula is C35H37FN4O4. The molecule has 44 heavy (non-hydrogen) atoms. The number of nitrogens with one attached hydrogen (secondary N) is 2. The zero-order valence-electron chi connectivity index (χ0n) is 24.7. The van der Waals surface area contributed by atoms with Crippen LogP contribution in [0.5, 0.6) is 5.75 Å². The average Bonchev–Trinajstić information content (AvgIpc) is 3.05. The van der Waals surface area contributed by atoms with Crippen LogP contribution in [0.25, 0.3) is 0 Å². The maximum Gasteiger partial charge on any atom is 0.324 e. The highest BCUT2D eigenvalue weighted by Crippen LogP contribution is 2.16. The number of halogens is 1. The zero-order valence-corrected chi connectivity index (χ0v) is 24.7. The summed E-state index contributed by atoms with van der Waals surface area (Å²) >= 11 is 0. The highest BCUT2D eigenvalue weighted by Gasteiger charge is 2.31. The van der Waals surface area contributed by atoms with Gasteiger partial charge in [0.05, 0.1) is 6.61 Å². The fraction of sp³-hybridized carbons (Fsp3) is 0.229. The normalized spacial score (nSPS) is 11.3. The summed E-state index contributed by atoms with van der Waals surface area (Å²) < 4.78 is 20.0. The average molecular weight is 597 g/mol. The molecule has 8 nitrogen and oxygen atoms in total. The molecule has 0 spiro atoms. The van der Waals surface area contributed by atoms with Gasteiger partial charge >= 0.3 is 6.03 Å². The first-order chi connectivity index (χ1) is 21.4. The van der Waals surface area contributed by atoms with Gasteiger partial charge in [0.1, 0.15) is 17.6 Å². The van der Waals surface area contributed by atoms with Crippen molar-refractivity contribution >= 4 is 17.8 Å². The largest absolute Gasteiger partial charge is 0.494 e. The van der Waals surface area contributed by atoms with Gasteiger partial charge in [0.15, 0.2) is 0 Å². The minimum Gasteiger partial charge on any atom is -0.494 e. The Morgan fingerprint density at radius 3 is 2.14 bits per heavy atom. The first-order valence-electron chi connectivity index (χ1n) is 14.6. The number of amides is 4. The molecule has 0 unspecified atom stereocenters. The molecular weight excluding hydrogens is 559 g/mol. The Bertz CT molecular complexity index is 1530. The van der Waals surface area contributed by atoms with Crippen molar-refractivity contribution in [2.75, 3.05) is 13.2 Å². The number of imide groups is 1. The topological polar surface area (TPSA) is 114 Å². The SMILES string of the molecule is CCOc1ccc(C[C@@H](NC(=O)c2ccccc2)C(=O)N(CCc2ccccc2F)C(=O)NCc2ccc(CN)cc2)cc1. The Hall–Kier alpha value is -5.02. The molecule has 4 amide bonds. The third kappa shape index (κ3) is 8.99. The van der Waals surface area contributed by atoms with E-state index in [1.165, 1.54) is 6.07 Å². The summed E-state index contributed by atoms with van der Waals surface area (Å²) in [5.41, 5.74) is 8.96. The van der Waals surface area contributed by atoms with Crippen LogP contribution in [0.3, 0.4) is 0 Å². The van der Waals surface area contributed by atoms with Gasteiger partial charge < -0.3 is 21.1 Å². The summed E-state index contributed by atoms with van der Waals surface area (Å²) in [7, 11) is 0. The van der Waals surface area contributed by atoms with Gasteiger partial charge in [0.2, 0.25) is 0 Å². The number of carbonyl (C=O) groups excluding carboxylic acids is 3. The minimum absolute atomic E-state index is 0.0967. The summed E-state index contributed by atoms with van der Waals surface area (Å²) in [5.74, 6) is -0.818. The van der Waals surface area contributed by atoms with E-state index in [1.807, 2.05) is 43.3 Å². The van der Waals surface area contributed by atoms with Crippen LogP contribution >= 0.6 is 0 Å². The number of nitrogens with zero attached hydrogens (tertiary/aromatic N) is 1. The van der Waals surface area contributed by atoms with Crippen molar-refractivity contribution in [3.05, 3.63) is 137 Å². The van der Waals surface area contributed by atoms with Crippen molar-refractivity contribution in [2.24, 2.45) is 5.73 Å². The van der Waals surface area contributed by atoms with Crippen LogP contribution in [0.15, 0.2) is 103 Å². The summed E-state index contributed by atoms with van der Waals surface area (Å²) in [5, 5.41) is 5.63. The van der Waals surface area contributed by atoms with E-state index in [2.05, 4.69) is 10.6 Å². The molecule has 0 aliphatic rings. The number of benzene rings is 4. The molecule has 1 atom stereocenters. The molecule has 0 aromatic heterocycles. The number of carbonyl (C=O) groups is 3. The van der Waals surface area contributed by atoms with Gasteiger partial charge in [-0.05, 0) is 65.9 Å². The summed E-state index contributed by atoms with van der Waals surface area (Å²) in [6.07, 6.45) is 0.216. The van der Waals surface area contributed by atoms with E-state index in [-0.39, 0.29) is 25.9 Å². The summed E-state index contributed by atoms with van der Waals surface area (Å²) in [4.78, 5) is 42.0. The number of nitrogens with two attached hydrogens (primary N) is 1. The molecule has 0 bridgehead atoms. The van der Waals surface area contributed by atoms with Crippen LogP contribution in [0.2, 0.25) is 0 Å². The molecule has 4 N–H and O–H groups in total. The second-order valence-corrected chi connectivity index (χ2v) is 10.2. The van der Waals surface area contributed by atoms with Gasteiger partial charge in [-0.15, -0.1) is 0 Å². The molecule has 4 aromatic carbocycles. The van der Waals surface area contributed by atoms with Gasteiger partial charge in [-0.2, -0.15) is 0 Å². The fourth-order valence-corrected chi connectivity index (χ4v) is 4.65. The molecule has 0 aliphatic heterocycles. The monoisotopic (exact) mass is 596 g/mol. The van der Waals surface area contributed by atoms with Crippen molar-refractivity contribution < 1.29 is 23.5 Å². The van der Waals surface area contributed by atoms with Gasteiger partial charge in [0.25, 0.3) is 11.8 Å². The number of hydrogen-bond donors (Lipinski definition) is 3. The first kappa shape index (κ1) is 31.9. The molecule has 4 aromatic rings. The molecule has 0 fully saturated rings. The van der Waals surface area contributed by atoms with Crippen LogP contribution in [-0.2, 0) is 30.7 Å². The number of urea groups is 1. The van der Waals surface area contributed by atoms with E-state index in [0.717, 1.165) is 21.6 Å². The van der Waals surface area contributed by atoms with Crippen molar-refractivity contribution in [3.63, 3.8) is 0 Å². The molecule has 4 rings (SSSR count). The van der Waals surface area contributed by atoms with Gasteiger partial charge in [-0.1, -0.05) is 72.8 Å². The Labute approximate surface area is 257 Å². The zero-order chi connectivity index (χ0) is 31.3. The maximum absolute atomic E-state index is 14.5. The third-order valence-corrected chi connectivity index (χ3v) is 7.09. The van der Waals surface area contributed by atoms with Crippen molar-refractivity contribution in [2.45, 2.75) is 38.9 Å². The van der Waals surface area contributed by atoms with Crippen molar-refractivity contribution in [1.82, 2.24) is 15.5 Å². The number of hydrogen-bond acceptors (Lipinski definition) is 5. The van der Waals surface area contributed by atoms with Crippen LogP contribution in [-0.4, -0.2) is 41.9 Å². The van der Waals surface area contributed by atoms with Gasteiger partial charge in [0, 0.05) is 31.6 Å². The Balaban J connectivity index is 1.59. The van der Waals surface area contributed by atoms with Crippen LogP contribution in [0.4, 0.5) is 9.18 Å². The second kappa shape index (κ2) is 16.0. The van der Waals surface area contributed by atoms with Crippen molar-refractivity contribution in [1.29, 1.82) is 0 Å². The molecule has 0 saturated carbocycles. The summed E-state index contributed by atoms with van der Waals surface area (Å²) in [6.45, 7) is 2.86. The fourth-order valence-electron chi connectivity index (χ4n) is 4.65. The Morgan fingerprint density at radius 1 is 0.841 bits per heavy atom. The predicted molar refractivity (Wildman–Crippen MR) is 167 cm³/mol. The van der Waals surface area contributed by atoms with E-state index in [4.69, 9.17) is 10.5 Å². The molecule has 9 heteroatoms. The third-order valence-electron chi connectivity index (χ3n) is 7.09. The van der Waals surface area contributed by atoms with Crippen LogP contribution < -0.4 is 21.1 Å². The smallest absolute Gasteiger partial charge is 0.324 e. The van der Waals surface area contributed by atoms with E-state index in [0.29, 0.717) is 30.0 Å². The van der Waals surface area contributed by atoms with E-state index < -0.39 is 29.7 Å². The lowest BCUT2D eigenvalue weighted by atomic mass is 10.0. The molecule has 0 aliphatic carbocycles. The molecule has 0 heterocycles. The number of rotatable bonds is 13. The molecule has 0 radical (unpaired) electrons. The van der Waals surface area contributed by atoms with Crippen molar-refractivity contribution in [3.8, 4) is 5.75 Å². The lowest BCUT2D eigenvalue weighted by Gasteiger charge is -2.27. The predicted octanol–water partition coefficient (Wildman–Crippen LogP) is 5.01. The first-order valence-corrected chi connectivity index (χ1v) is 14.6. The lowest BCUT2D eigenvalue weighted by molar-refractivity contribution is -0.130. The highest BCUT2D eigenvalue weighted by atomic mass is 19.1. The van der Waals surface area contributed by atoms with E-state index in [9.17, 15) is 18.8 Å². The standard InChI is InChI=1S/C35H37FN4O4/c1-2-44-30-18-16-25(17-19-30)22-32(39-33(41)29-9-4-3-5-10-29)34(42)40(21-20-28-8-6-7-11-31(28)36)35(43)38-24-27-14-12-26(23-37)13-15-27/h3-19,32H,2,20-24,37H2,1H3,(H,38,43)(H,39,41)/t32-/m1/s1.